The maximum absolute atomic E-state index is 10.4. The lowest BCUT2D eigenvalue weighted by atomic mass is 11.3. The fourth-order valence-corrected chi connectivity index (χ4v) is 0. The van der Waals surface area contributed by atoms with Crippen LogP contribution >= 0.6 is 0 Å². The van der Waals surface area contributed by atoms with Crippen molar-refractivity contribution >= 4 is 12.0 Å². The molecule has 0 heterocycles. The number of carboxylic acid groups (broad SMARTS) is 1. The van der Waals surface area contributed by atoms with E-state index in [1.807, 2.05) is 0 Å². The summed E-state index contributed by atoms with van der Waals surface area (Å²) in [4.78, 5) is 17.8. The highest BCUT2D eigenvalue weighted by atomic mass is 19.2. The molecule has 3 nitrogen and oxygen atoms in total. The Morgan fingerprint density at radius 1 is 1.38 bits per heavy atom. The first-order valence-electron chi connectivity index (χ1n) is 1.82. The number of carbonyl (C=O) groups excluding carboxylic acids is 1. The molecule has 4 heteroatoms. The lowest BCUT2D eigenvalue weighted by Gasteiger charge is -1.59. The van der Waals surface area contributed by atoms with Crippen molar-refractivity contribution in [2.24, 2.45) is 0 Å². The highest BCUT2D eigenvalue weighted by Crippen LogP contribution is 1.58. The molecule has 8 heavy (non-hydrogen) atoms. The number of hydrogen-bond acceptors (Lipinski definition) is 2. The summed E-state index contributed by atoms with van der Waals surface area (Å²) < 4.78 is 10.4. The van der Waals surface area contributed by atoms with E-state index in [-0.39, 0.29) is 0 Å². The minimum absolute atomic E-state index is 0.833. The molecule has 0 aromatic carbocycles. The Kier molecular flexibility index (Phi) is 7.69. The van der Waals surface area contributed by atoms with E-state index in [4.69, 9.17) is 14.7 Å². The monoisotopic (exact) mass is 124 g/mol. The molecule has 0 aliphatic heterocycles. The highest BCUT2D eigenvalue weighted by molar-refractivity contribution is 5.64. The lowest BCUT2D eigenvalue weighted by molar-refractivity contribution is -0.134. The molecule has 0 bridgehead atoms. The molecule has 0 aromatic heterocycles. The number of carbonyl (C=O) groups is 2. The molecule has 1 N–H and O–H groups in total. The number of hydrogen-bond donors (Lipinski definition) is 1. The number of aliphatic carboxylic acids is 1. The summed E-state index contributed by atoms with van der Waals surface area (Å²) >= 11 is 0. The zero-order valence-electron chi connectivity index (χ0n) is 4.64. The second-order valence-electron chi connectivity index (χ2n) is 0.989. The van der Waals surface area contributed by atoms with Crippen LogP contribution in [0.15, 0.2) is 0 Å². The van der Waals surface area contributed by atoms with Gasteiger partial charge >= 0.3 is 0 Å². The van der Waals surface area contributed by atoms with E-state index in [1.54, 1.807) is 0 Å². The van der Waals surface area contributed by atoms with Crippen molar-refractivity contribution in [3.05, 3.63) is 0 Å². The third kappa shape index (κ3) is 97.1. The fourth-order valence-electron chi connectivity index (χ4n) is 0. The average molecular weight is 124 g/mol. The molecule has 0 fully saturated rings. The molecule has 0 amide bonds. The Hall–Kier alpha value is -0.930. The van der Waals surface area contributed by atoms with Gasteiger partial charge in [0.25, 0.3) is 12.0 Å². The van der Waals surface area contributed by atoms with Gasteiger partial charge in [0, 0.05) is 13.8 Å². The van der Waals surface area contributed by atoms with Gasteiger partial charge < -0.3 is 5.11 Å². The van der Waals surface area contributed by atoms with Gasteiger partial charge in [-0.25, -0.2) is 0 Å². The van der Waals surface area contributed by atoms with E-state index < -0.39 is 12.0 Å². The molecule has 0 aromatic rings. The van der Waals surface area contributed by atoms with E-state index in [1.165, 1.54) is 0 Å². The molecule has 0 saturated carbocycles. The normalized spacial score (nSPS) is 6.38. The van der Waals surface area contributed by atoms with E-state index in [0.717, 1.165) is 13.8 Å². The van der Waals surface area contributed by atoms with Crippen LogP contribution in [0.4, 0.5) is 4.39 Å². The number of carboxylic acids is 1. The van der Waals surface area contributed by atoms with Gasteiger partial charge in [-0.15, -0.1) is 0 Å². The second-order valence-corrected chi connectivity index (χ2v) is 0.989. The Morgan fingerprint density at radius 3 is 1.38 bits per heavy atom. The predicted molar refractivity (Wildman–Crippen MR) is 25.1 cm³/mol. The molecular weight excluding hydrogens is 117 g/mol. The van der Waals surface area contributed by atoms with Crippen molar-refractivity contribution < 1.29 is 19.1 Å². The topological polar surface area (TPSA) is 54.4 Å². The molecule has 0 unspecified atom stereocenters. The quantitative estimate of drug-likeness (QED) is 0.380. The molecule has 0 rings (SSSR count). The Labute approximate surface area is 46.1 Å². The first-order chi connectivity index (χ1) is 3.46. The largest absolute Gasteiger partial charge is 0.481 e. The summed E-state index contributed by atoms with van der Waals surface area (Å²) in [5, 5.41) is 7.42. The van der Waals surface area contributed by atoms with Crippen LogP contribution in [0.2, 0.25) is 0 Å². The van der Waals surface area contributed by atoms with Crippen molar-refractivity contribution in [3.8, 4) is 0 Å². The molecule has 0 spiro atoms. The van der Waals surface area contributed by atoms with Crippen LogP contribution in [0, 0.1) is 0 Å². The van der Waals surface area contributed by atoms with Crippen LogP contribution in [0.5, 0.6) is 0 Å². The van der Waals surface area contributed by atoms with Crippen LogP contribution in [0.1, 0.15) is 13.8 Å². The number of halogens is 1. The predicted octanol–water partition coefficient (Wildman–Crippen LogP) is 0.593. The van der Waals surface area contributed by atoms with Gasteiger partial charge in [-0.3, -0.25) is 9.59 Å². The Balaban J connectivity index is 0. The highest BCUT2D eigenvalue weighted by Gasteiger charge is 1.69. The zero-order valence-corrected chi connectivity index (χ0v) is 4.64. The first-order valence-corrected chi connectivity index (χ1v) is 1.82. The van der Waals surface area contributed by atoms with Crippen LogP contribution < -0.4 is 0 Å². The van der Waals surface area contributed by atoms with Crippen LogP contribution in [0.25, 0.3) is 0 Å². The summed E-state index contributed by atoms with van der Waals surface area (Å²) in [6.07, 6.45) is 0. The SMILES string of the molecule is C[13C](=O)F.C[13C](=O)O. The average Bonchev–Trinajstić information content (AvgIpc) is 1.25. The maximum Gasteiger partial charge on any atom is 0.300 e. The maximum atomic E-state index is 10.4. The van der Waals surface area contributed by atoms with Crippen molar-refractivity contribution in [1.29, 1.82) is 0 Å². The standard InChI is InChI=1S/C2H3FO.C2H4O2/c2*1-2(3)4/h1H3;1H3,(H,3,4)/i2*2+1. The zero-order chi connectivity index (χ0) is 7.15. The molecule has 48 valence electrons. The summed E-state index contributed by atoms with van der Waals surface area (Å²) in [5.74, 6) is -0.833. The third-order valence-electron chi connectivity index (χ3n) is 0. The van der Waals surface area contributed by atoms with Gasteiger partial charge in [0.15, 0.2) is 0 Å². The van der Waals surface area contributed by atoms with Gasteiger partial charge in [-0.05, 0) is 0 Å². The number of rotatable bonds is 0. The van der Waals surface area contributed by atoms with E-state index in [2.05, 4.69) is 0 Å². The van der Waals surface area contributed by atoms with Crippen LogP contribution in [-0.4, -0.2) is 17.1 Å². The van der Waals surface area contributed by atoms with Crippen molar-refractivity contribution in [2.45, 2.75) is 13.8 Å². The van der Waals surface area contributed by atoms with Crippen LogP contribution in [-0.2, 0) is 9.59 Å². The summed E-state index contributed by atoms with van der Waals surface area (Å²) in [6.45, 7) is 1.94. The summed E-state index contributed by atoms with van der Waals surface area (Å²) in [6, 6.07) is -1.33. The first kappa shape index (κ1) is 10.1. The van der Waals surface area contributed by atoms with Crippen molar-refractivity contribution in [3.63, 3.8) is 0 Å². The van der Waals surface area contributed by atoms with Crippen molar-refractivity contribution in [1.82, 2.24) is 0 Å². The summed E-state index contributed by atoms with van der Waals surface area (Å²) in [7, 11) is 0. The lowest BCUT2D eigenvalue weighted by Crippen LogP contribution is -1.78. The van der Waals surface area contributed by atoms with E-state index in [0.29, 0.717) is 0 Å². The second kappa shape index (κ2) is 6.07. The van der Waals surface area contributed by atoms with Crippen molar-refractivity contribution in [2.75, 3.05) is 0 Å². The molecule has 0 aliphatic rings. The summed E-state index contributed by atoms with van der Waals surface area (Å²) in [5.41, 5.74) is 0. The van der Waals surface area contributed by atoms with Gasteiger partial charge in [-0.2, -0.15) is 4.39 Å². The molecular formula is C4H7FO3. The van der Waals surface area contributed by atoms with Gasteiger partial charge in [0.2, 0.25) is 0 Å². The molecule has 0 atom stereocenters. The van der Waals surface area contributed by atoms with Crippen LogP contribution in [0.3, 0.4) is 0 Å². The smallest absolute Gasteiger partial charge is 0.300 e. The fraction of sp³-hybridized carbons (Fsp3) is 0.500. The molecule has 0 saturated heterocycles. The minimum Gasteiger partial charge on any atom is -0.481 e. The Bertz CT molecular complexity index is 69.3. The minimum atomic E-state index is -1.33. The molecule has 0 radical (unpaired) electrons. The Morgan fingerprint density at radius 2 is 1.38 bits per heavy atom. The molecule has 0 aliphatic carbocycles. The van der Waals surface area contributed by atoms with Gasteiger partial charge in [-0.1, -0.05) is 0 Å². The van der Waals surface area contributed by atoms with E-state index >= 15 is 0 Å². The van der Waals surface area contributed by atoms with Gasteiger partial charge in [0.1, 0.15) is 0 Å². The van der Waals surface area contributed by atoms with E-state index in [9.17, 15) is 4.39 Å². The van der Waals surface area contributed by atoms with Gasteiger partial charge in [0.05, 0.1) is 0 Å². The third-order valence-corrected chi connectivity index (χ3v) is 0.